The number of hydrogen-bond acceptors (Lipinski definition) is 4. The van der Waals surface area contributed by atoms with E-state index in [1.165, 1.54) is 0 Å². The highest BCUT2D eigenvalue weighted by molar-refractivity contribution is 14.0. The van der Waals surface area contributed by atoms with Crippen LogP contribution >= 0.6 is 24.0 Å². The van der Waals surface area contributed by atoms with Gasteiger partial charge in [0.1, 0.15) is 11.3 Å². The highest BCUT2D eigenvalue weighted by atomic mass is 127. The summed E-state index contributed by atoms with van der Waals surface area (Å²) >= 11 is 0. The number of nitrogens with one attached hydrogen (secondary N) is 2. The van der Waals surface area contributed by atoms with E-state index in [1.54, 1.807) is 7.11 Å². The van der Waals surface area contributed by atoms with Gasteiger partial charge in [0.15, 0.2) is 5.96 Å². The Bertz CT molecular complexity index is 693. The number of methoxy groups -OCH3 is 1. The number of benzene rings is 1. The van der Waals surface area contributed by atoms with E-state index in [1.807, 2.05) is 25.2 Å². The zero-order valence-corrected chi connectivity index (χ0v) is 19.3. The Kier molecular flexibility index (Phi) is 10.1. The van der Waals surface area contributed by atoms with E-state index < -0.39 is 0 Å². The Morgan fingerprint density at radius 1 is 1.29 bits per heavy atom. The van der Waals surface area contributed by atoms with E-state index in [9.17, 15) is 0 Å². The number of rotatable bonds is 8. The predicted octanol–water partition coefficient (Wildman–Crippen LogP) is 3.26. The molecule has 2 heterocycles. The summed E-state index contributed by atoms with van der Waals surface area (Å²) in [4.78, 5) is 6.89. The molecule has 0 spiro atoms. The lowest BCUT2D eigenvalue weighted by molar-refractivity contribution is 0.155. The van der Waals surface area contributed by atoms with Gasteiger partial charge >= 0.3 is 0 Å². The lowest BCUT2D eigenvalue weighted by Gasteiger charge is -2.33. The van der Waals surface area contributed by atoms with Crippen molar-refractivity contribution in [3.63, 3.8) is 0 Å². The van der Waals surface area contributed by atoms with Crippen LogP contribution in [-0.4, -0.2) is 63.8 Å². The molecule has 1 aromatic heterocycles. The normalized spacial score (nSPS) is 16.1. The van der Waals surface area contributed by atoms with Gasteiger partial charge in [0.05, 0.1) is 0 Å². The topological polar surface area (TPSA) is 62.0 Å². The summed E-state index contributed by atoms with van der Waals surface area (Å²) in [5.41, 5.74) is 0.951. The minimum absolute atomic E-state index is 0. The van der Waals surface area contributed by atoms with Gasteiger partial charge in [-0.15, -0.1) is 24.0 Å². The molecule has 2 N–H and O–H groups in total. The number of likely N-dealkylation sites (tertiary alicyclic amines) is 1. The third kappa shape index (κ3) is 6.93. The average Bonchev–Trinajstić information content (AvgIpc) is 3.11. The lowest BCUT2D eigenvalue weighted by atomic mass is 10.1. The van der Waals surface area contributed by atoms with Crippen LogP contribution in [0.2, 0.25) is 0 Å². The molecule has 3 rings (SSSR count). The molecule has 1 aliphatic heterocycles. The molecule has 156 valence electrons. The molecule has 0 aliphatic carbocycles. The lowest BCUT2D eigenvalue weighted by Crippen LogP contribution is -2.49. The first-order chi connectivity index (χ1) is 13.3. The van der Waals surface area contributed by atoms with Crippen LogP contribution in [0.15, 0.2) is 39.7 Å². The standard InChI is InChI=1S/C21H32N4O2.HI/c1-22-21(24-18-9-13-25(14-10-18)12-5-15-26-2)23-11-8-19-16-17-6-3-4-7-20(17)27-19;/h3-4,6-7,16,18H,5,8-15H2,1-2H3,(H2,22,23,24);1H. The van der Waals surface area contributed by atoms with Crippen molar-refractivity contribution in [1.29, 1.82) is 0 Å². The number of piperidine rings is 1. The second kappa shape index (κ2) is 12.3. The van der Waals surface area contributed by atoms with Crippen LogP contribution in [0.4, 0.5) is 0 Å². The molecule has 2 aromatic rings. The van der Waals surface area contributed by atoms with Crippen LogP contribution < -0.4 is 10.6 Å². The Morgan fingerprint density at radius 2 is 2.07 bits per heavy atom. The van der Waals surface area contributed by atoms with E-state index in [4.69, 9.17) is 9.15 Å². The maximum Gasteiger partial charge on any atom is 0.191 e. The van der Waals surface area contributed by atoms with Gasteiger partial charge in [-0.25, -0.2) is 0 Å². The van der Waals surface area contributed by atoms with Gasteiger partial charge in [-0.05, 0) is 31.4 Å². The minimum atomic E-state index is 0. The zero-order valence-electron chi connectivity index (χ0n) is 16.9. The van der Waals surface area contributed by atoms with Crippen molar-refractivity contribution >= 4 is 40.9 Å². The summed E-state index contributed by atoms with van der Waals surface area (Å²) in [6.45, 7) is 5.05. The number of aliphatic imine (C=N–C) groups is 1. The molecule has 1 saturated heterocycles. The summed E-state index contributed by atoms with van der Waals surface area (Å²) in [7, 11) is 3.60. The Hall–Kier alpha value is -1.32. The molecule has 7 heteroatoms. The second-order valence-corrected chi connectivity index (χ2v) is 7.11. The summed E-state index contributed by atoms with van der Waals surface area (Å²) in [5, 5.41) is 8.13. The van der Waals surface area contributed by atoms with Crippen LogP contribution in [0.5, 0.6) is 0 Å². The summed E-state index contributed by atoms with van der Waals surface area (Å²) < 4.78 is 11.0. The smallest absolute Gasteiger partial charge is 0.191 e. The Labute approximate surface area is 185 Å². The van der Waals surface area contributed by atoms with Crippen LogP contribution in [-0.2, 0) is 11.2 Å². The quantitative estimate of drug-likeness (QED) is 0.252. The number of hydrogen-bond donors (Lipinski definition) is 2. The average molecular weight is 500 g/mol. The number of para-hydroxylation sites is 1. The fraction of sp³-hybridized carbons (Fsp3) is 0.571. The number of furan rings is 1. The fourth-order valence-corrected chi connectivity index (χ4v) is 3.59. The largest absolute Gasteiger partial charge is 0.461 e. The first kappa shape index (κ1) is 23.0. The van der Waals surface area contributed by atoms with Gasteiger partial charge in [-0.2, -0.15) is 0 Å². The predicted molar refractivity (Wildman–Crippen MR) is 126 cm³/mol. The molecule has 6 nitrogen and oxygen atoms in total. The Morgan fingerprint density at radius 3 is 2.79 bits per heavy atom. The molecular weight excluding hydrogens is 467 g/mol. The molecule has 1 fully saturated rings. The van der Waals surface area contributed by atoms with Crippen molar-refractivity contribution in [1.82, 2.24) is 15.5 Å². The van der Waals surface area contributed by atoms with Gasteiger partial charge in [0, 0.05) is 64.8 Å². The van der Waals surface area contributed by atoms with Gasteiger partial charge < -0.3 is 24.7 Å². The number of nitrogens with zero attached hydrogens (tertiary/aromatic N) is 2. The van der Waals surface area contributed by atoms with Gasteiger partial charge in [0.25, 0.3) is 0 Å². The number of ether oxygens (including phenoxy) is 1. The molecule has 0 atom stereocenters. The van der Waals surface area contributed by atoms with Crippen LogP contribution in [0.3, 0.4) is 0 Å². The summed E-state index contributed by atoms with van der Waals surface area (Å²) in [6, 6.07) is 10.7. The third-order valence-corrected chi connectivity index (χ3v) is 5.12. The second-order valence-electron chi connectivity index (χ2n) is 7.11. The molecular formula is C21H33IN4O2. The number of halogens is 1. The SMILES string of the molecule is CN=C(NCCc1cc2ccccc2o1)NC1CCN(CCCOC)CC1.I. The molecule has 28 heavy (non-hydrogen) atoms. The van der Waals surface area contributed by atoms with Gasteiger partial charge in [-0.1, -0.05) is 18.2 Å². The molecule has 0 bridgehead atoms. The minimum Gasteiger partial charge on any atom is -0.461 e. The molecule has 0 amide bonds. The molecule has 0 unspecified atom stereocenters. The van der Waals surface area contributed by atoms with Crippen LogP contribution in [0.25, 0.3) is 11.0 Å². The maximum absolute atomic E-state index is 5.87. The maximum atomic E-state index is 5.87. The van der Waals surface area contributed by atoms with E-state index in [-0.39, 0.29) is 24.0 Å². The van der Waals surface area contributed by atoms with Crippen molar-refractivity contribution in [3.8, 4) is 0 Å². The third-order valence-electron chi connectivity index (χ3n) is 5.12. The monoisotopic (exact) mass is 500 g/mol. The number of guanidine groups is 1. The van der Waals surface area contributed by atoms with E-state index in [2.05, 4.69) is 32.7 Å². The van der Waals surface area contributed by atoms with Crippen LogP contribution in [0, 0.1) is 0 Å². The van der Waals surface area contributed by atoms with Crippen molar-refractivity contribution in [2.24, 2.45) is 4.99 Å². The molecule has 1 aliphatic rings. The first-order valence-electron chi connectivity index (χ1n) is 9.94. The zero-order chi connectivity index (χ0) is 18.9. The van der Waals surface area contributed by atoms with Gasteiger partial charge in [0.2, 0.25) is 0 Å². The van der Waals surface area contributed by atoms with E-state index >= 15 is 0 Å². The molecule has 0 radical (unpaired) electrons. The summed E-state index contributed by atoms with van der Waals surface area (Å²) in [6.07, 6.45) is 4.25. The molecule has 0 saturated carbocycles. The van der Waals surface area contributed by atoms with Crippen molar-refractivity contribution in [3.05, 3.63) is 36.1 Å². The summed E-state index contributed by atoms with van der Waals surface area (Å²) in [5.74, 6) is 1.88. The molecule has 1 aromatic carbocycles. The Balaban J connectivity index is 0.00000280. The highest BCUT2D eigenvalue weighted by Gasteiger charge is 2.19. The van der Waals surface area contributed by atoms with Crippen molar-refractivity contribution in [2.75, 3.05) is 46.9 Å². The van der Waals surface area contributed by atoms with Gasteiger partial charge in [-0.3, -0.25) is 4.99 Å². The van der Waals surface area contributed by atoms with E-state index in [0.29, 0.717) is 6.04 Å². The van der Waals surface area contributed by atoms with E-state index in [0.717, 1.165) is 81.2 Å². The highest BCUT2D eigenvalue weighted by Crippen LogP contribution is 2.18. The van der Waals surface area contributed by atoms with Crippen LogP contribution in [0.1, 0.15) is 25.0 Å². The van der Waals surface area contributed by atoms with Crippen molar-refractivity contribution < 1.29 is 9.15 Å². The first-order valence-corrected chi connectivity index (χ1v) is 9.94. The number of fused-ring (bicyclic) bond motifs is 1. The van der Waals surface area contributed by atoms with Crippen molar-refractivity contribution in [2.45, 2.75) is 31.7 Å². The fourth-order valence-electron chi connectivity index (χ4n) is 3.59.